The van der Waals surface area contributed by atoms with E-state index in [9.17, 15) is 4.79 Å². The van der Waals surface area contributed by atoms with Gasteiger partial charge in [-0.05, 0) is 63.5 Å². The van der Waals surface area contributed by atoms with Crippen molar-refractivity contribution in [1.82, 2.24) is 20.9 Å². The Morgan fingerprint density at radius 1 is 1.07 bits per heavy atom. The smallest absolute Gasteiger partial charge is 0.242 e. The molecule has 1 amide bonds. The third kappa shape index (κ3) is 11.0. The van der Waals surface area contributed by atoms with E-state index in [1.165, 1.54) is 38.8 Å². The zero-order valence-corrected chi connectivity index (χ0v) is 20.7. The van der Waals surface area contributed by atoms with Crippen LogP contribution in [0.1, 0.15) is 44.6 Å². The van der Waals surface area contributed by atoms with Crippen LogP contribution in [0.25, 0.3) is 0 Å². The fourth-order valence-corrected chi connectivity index (χ4v) is 3.36. The number of hydrogen-bond acceptors (Lipinski definition) is 4. The Morgan fingerprint density at radius 3 is 2.40 bits per heavy atom. The number of benzene rings is 1. The van der Waals surface area contributed by atoms with Crippen molar-refractivity contribution in [3.05, 3.63) is 29.8 Å². The fraction of sp³-hybridized carbons (Fsp3) is 0.636. The number of amides is 1. The number of nitrogens with one attached hydrogen (secondary N) is 3. The van der Waals surface area contributed by atoms with Crippen LogP contribution < -0.4 is 20.7 Å². The Balaban J connectivity index is 0.00000450. The molecule has 0 unspecified atom stereocenters. The average molecular weight is 531 g/mol. The molecule has 1 heterocycles. The van der Waals surface area contributed by atoms with Gasteiger partial charge in [-0.3, -0.25) is 4.79 Å². The lowest BCUT2D eigenvalue weighted by molar-refractivity contribution is -0.119. The van der Waals surface area contributed by atoms with E-state index in [1.807, 2.05) is 31.2 Å². The van der Waals surface area contributed by atoms with Gasteiger partial charge >= 0.3 is 0 Å². The maximum absolute atomic E-state index is 12.1. The van der Waals surface area contributed by atoms with E-state index in [-0.39, 0.29) is 36.4 Å². The van der Waals surface area contributed by atoms with Crippen molar-refractivity contribution in [1.29, 1.82) is 0 Å². The second-order valence-corrected chi connectivity index (χ2v) is 7.36. The molecule has 1 aliphatic heterocycles. The SMILES string of the molecule is CCNC(=NCC(=O)NCc1ccc(OC)cc1)NCCCN1CCCCCC1.I. The highest BCUT2D eigenvalue weighted by Gasteiger charge is 2.08. The number of carbonyl (C=O) groups is 1. The molecular formula is C22H38IN5O2. The average Bonchev–Trinajstić information content (AvgIpc) is 3.02. The molecule has 0 atom stereocenters. The molecule has 0 bridgehead atoms. The van der Waals surface area contributed by atoms with Gasteiger partial charge in [-0.2, -0.15) is 0 Å². The standard InChI is InChI=1S/C22H37N5O2.HI/c1-3-23-22(24-13-8-16-27-14-6-4-5-7-15-27)26-18-21(28)25-17-19-9-11-20(29-2)12-10-19;/h9-12H,3-8,13-18H2,1-2H3,(H,25,28)(H2,23,24,26);1H. The lowest BCUT2D eigenvalue weighted by atomic mass is 10.2. The highest BCUT2D eigenvalue weighted by atomic mass is 127. The predicted molar refractivity (Wildman–Crippen MR) is 134 cm³/mol. The van der Waals surface area contributed by atoms with Gasteiger partial charge in [0.1, 0.15) is 12.3 Å². The van der Waals surface area contributed by atoms with Crippen molar-refractivity contribution in [2.45, 2.75) is 45.6 Å². The first-order valence-corrected chi connectivity index (χ1v) is 10.9. The molecule has 1 fully saturated rings. The van der Waals surface area contributed by atoms with Gasteiger partial charge in [0.25, 0.3) is 0 Å². The first kappa shape index (κ1) is 26.5. The maximum Gasteiger partial charge on any atom is 0.242 e. The second-order valence-electron chi connectivity index (χ2n) is 7.36. The number of carbonyl (C=O) groups excluding carboxylic acids is 1. The Labute approximate surface area is 198 Å². The Morgan fingerprint density at radius 2 is 1.77 bits per heavy atom. The monoisotopic (exact) mass is 531 g/mol. The minimum absolute atomic E-state index is 0. The predicted octanol–water partition coefficient (Wildman–Crippen LogP) is 2.75. The van der Waals surface area contributed by atoms with Crippen LogP contribution in [0.2, 0.25) is 0 Å². The summed E-state index contributed by atoms with van der Waals surface area (Å²) < 4.78 is 5.14. The van der Waals surface area contributed by atoms with Crippen molar-refractivity contribution in [2.75, 3.05) is 46.4 Å². The van der Waals surface area contributed by atoms with E-state index < -0.39 is 0 Å². The molecule has 0 radical (unpaired) electrons. The van der Waals surface area contributed by atoms with Gasteiger partial charge in [-0.25, -0.2) is 4.99 Å². The number of methoxy groups -OCH3 is 1. The van der Waals surface area contributed by atoms with Crippen LogP contribution in [-0.4, -0.2) is 63.1 Å². The first-order valence-electron chi connectivity index (χ1n) is 10.9. The zero-order valence-electron chi connectivity index (χ0n) is 18.4. The molecule has 3 N–H and O–H groups in total. The molecule has 1 saturated heterocycles. The summed E-state index contributed by atoms with van der Waals surface area (Å²) in [5.74, 6) is 1.41. The van der Waals surface area contributed by atoms with E-state index in [1.54, 1.807) is 7.11 Å². The summed E-state index contributed by atoms with van der Waals surface area (Å²) in [6, 6.07) is 7.66. The van der Waals surface area contributed by atoms with Crippen LogP contribution >= 0.6 is 24.0 Å². The third-order valence-corrected chi connectivity index (χ3v) is 5.02. The van der Waals surface area contributed by atoms with Gasteiger partial charge in [0.15, 0.2) is 5.96 Å². The van der Waals surface area contributed by atoms with Crippen LogP contribution in [-0.2, 0) is 11.3 Å². The molecule has 0 saturated carbocycles. The number of aliphatic imine (C=N–C) groups is 1. The molecule has 30 heavy (non-hydrogen) atoms. The Kier molecular flexibility index (Phi) is 14.3. The number of rotatable bonds is 10. The summed E-state index contributed by atoms with van der Waals surface area (Å²) >= 11 is 0. The number of ether oxygens (including phenoxy) is 1. The molecule has 1 aromatic carbocycles. The van der Waals surface area contributed by atoms with Crippen LogP contribution in [0.3, 0.4) is 0 Å². The summed E-state index contributed by atoms with van der Waals surface area (Å²) in [7, 11) is 1.64. The number of hydrogen-bond donors (Lipinski definition) is 3. The van der Waals surface area contributed by atoms with Crippen molar-refractivity contribution in [3.8, 4) is 5.75 Å². The topological polar surface area (TPSA) is 78.0 Å². The van der Waals surface area contributed by atoms with E-state index >= 15 is 0 Å². The van der Waals surface area contributed by atoms with Crippen LogP contribution in [0.15, 0.2) is 29.3 Å². The molecule has 0 aromatic heterocycles. The third-order valence-electron chi connectivity index (χ3n) is 5.02. The molecule has 8 heteroatoms. The highest BCUT2D eigenvalue weighted by Crippen LogP contribution is 2.11. The summed E-state index contributed by atoms with van der Waals surface area (Å²) in [6.45, 7) is 7.81. The molecule has 0 aliphatic carbocycles. The minimum Gasteiger partial charge on any atom is -0.497 e. The number of guanidine groups is 1. The molecule has 170 valence electrons. The Hall–Kier alpha value is -1.55. The van der Waals surface area contributed by atoms with Gasteiger partial charge in [-0.1, -0.05) is 25.0 Å². The van der Waals surface area contributed by atoms with Crippen LogP contribution in [0, 0.1) is 0 Å². The van der Waals surface area contributed by atoms with Crippen LogP contribution in [0.5, 0.6) is 5.75 Å². The summed E-state index contributed by atoms with van der Waals surface area (Å²) in [5, 5.41) is 9.44. The lowest BCUT2D eigenvalue weighted by Gasteiger charge is -2.20. The number of halogens is 1. The number of nitrogens with zero attached hydrogens (tertiary/aromatic N) is 2. The van der Waals surface area contributed by atoms with E-state index in [0.717, 1.165) is 37.4 Å². The minimum atomic E-state index is -0.0948. The van der Waals surface area contributed by atoms with E-state index in [0.29, 0.717) is 12.5 Å². The molecule has 1 aliphatic rings. The largest absolute Gasteiger partial charge is 0.497 e. The van der Waals surface area contributed by atoms with Gasteiger partial charge in [-0.15, -0.1) is 24.0 Å². The summed E-state index contributed by atoms with van der Waals surface area (Å²) in [4.78, 5) is 19.1. The van der Waals surface area contributed by atoms with Crippen molar-refractivity contribution in [3.63, 3.8) is 0 Å². The molecule has 1 aromatic rings. The van der Waals surface area contributed by atoms with Crippen LogP contribution in [0.4, 0.5) is 0 Å². The summed E-state index contributed by atoms with van der Waals surface area (Å²) in [5.41, 5.74) is 1.03. The van der Waals surface area contributed by atoms with Gasteiger partial charge in [0.05, 0.1) is 7.11 Å². The fourth-order valence-electron chi connectivity index (χ4n) is 3.36. The highest BCUT2D eigenvalue weighted by molar-refractivity contribution is 14.0. The van der Waals surface area contributed by atoms with Crippen molar-refractivity contribution in [2.24, 2.45) is 4.99 Å². The van der Waals surface area contributed by atoms with E-state index in [4.69, 9.17) is 4.74 Å². The molecule has 7 nitrogen and oxygen atoms in total. The van der Waals surface area contributed by atoms with Gasteiger partial charge in [0, 0.05) is 19.6 Å². The molecule has 2 rings (SSSR count). The molecule has 0 spiro atoms. The summed E-state index contributed by atoms with van der Waals surface area (Å²) in [6.07, 6.45) is 6.46. The van der Waals surface area contributed by atoms with Gasteiger partial charge in [0.2, 0.25) is 5.91 Å². The molecular weight excluding hydrogens is 493 g/mol. The first-order chi connectivity index (χ1) is 14.2. The van der Waals surface area contributed by atoms with Crippen molar-refractivity contribution < 1.29 is 9.53 Å². The normalized spacial score (nSPS) is 14.9. The van der Waals surface area contributed by atoms with Crippen molar-refractivity contribution >= 4 is 35.8 Å². The van der Waals surface area contributed by atoms with E-state index in [2.05, 4.69) is 25.8 Å². The second kappa shape index (κ2) is 16.2. The Bertz CT molecular complexity index is 616. The number of likely N-dealkylation sites (tertiary alicyclic amines) is 1. The lowest BCUT2D eigenvalue weighted by Crippen LogP contribution is -2.39. The zero-order chi connectivity index (χ0) is 20.7. The maximum atomic E-state index is 12.1. The van der Waals surface area contributed by atoms with Gasteiger partial charge < -0.3 is 25.6 Å². The quantitative estimate of drug-likeness (QED) is 0.187.